The first-order chi connectivity index (χ1) is 14.2. The molecule has 2 aromatic carbocycles. The van der Waals surface area contributed by atoms with E-state index < -0.39 is 11.8 Å². The van der Waals surface area contributed by atoms with Crippen LogP contribution in [0.15, 0.2) is 60.8 Å². The molecule has 1 fully saturated rings. The highest BCUT2D eigenvalue weighted by molar-refractivity contribution is 6.35. The van der Waals surface area contributed by atoms with Crippen LogP contribution in [-0.4, -0.2) is 41.3 Å². The molecule has 3 aromatic rings. The van der Waals surface area contributed by atoms with Crippen LogP contribution in [0.5, 0.6) is 0 Å². The first-order valence-electron chi connectivity index (χ1n) is 10.4. The molecule has 0 atom stereocenters. The Morgan fingerprint density at radius 2 is 1.72 bits per heavy atom. The van der Waals surface area contributed by atoms with Crippen LogP contribution in [0.4, 0.5) is 0 Å². The van der Waals surface area contributed by atoms with Gasteiger partial charge >= 0.3 is 11.8 Å². The molecule has 0 radical (unpaired) electrons. The zero-order valence-corrected chi connectivity index (χ0v) is 16.6. The highest BCUT2D eigenvalue weighted by Crippen LogP contribution is 2.22. The Balaban J connectivity index is 1.22. The fourth-order valence-corrected chi connectivity index (χ4v) is 4.16. The number of carbonyl (C=O) groups is 2. The molecule has 0 bridgehead atoms. The van der Waals surface area contributed by atoms with Crippen LogP contribution in [0, 0.1) is 5.92 Å². The minimum atomic E-state index is -0.494. The highest BCUT2D eigenvalue weighted by Gasteiger charge is 2.26. The molecule has 2 heterocycles. The minimum Gasteiger partial charge on any atom is -0.361 e. The van der Waals surface area contributed by atoms with E-state index in [4.69, 9.17) is 0 Å². The van der Waals surface area contributed by atoms with Crippen LogP contribution in [0.3, 0.4) is 0 Å². The molecule has 29 heavy (non-hydrogen) atoms. The van der Waals surface area contributed by atoms with Gasteiger partial charge in [0.15, 0.2) is 0 Å². The number of hydrogen-bond donors (Lipinski definition) is 2. The lowest BCUT2D eigenvalue weighted by atomic mass is 9.90. The van der Waals surface area contributed by atoms with Crippen LogP contribution in [0.2, 0.25) is 0 Å². The molecule has 2 N–H and O–H groups in total. The number of nitrogens with one attached hydrogen (secondary N) is 2. The van der Waals surface area contributed by atoms with E-state index in [2.05, 4.69) is 40.6 Å². The highest BCUT2D eigenvalue weighted by atomic mass is 16.2. The molecule has 0 unspecified atom stereocenters. The molecule has 4 rings (SSSR count). The van der Waals surface area contributed by atoms with Crippen LogP contribution in [-0.2, 0) is 22.4 Å². The quantitative estimate of drug-likeness (QED) is 0.658. The van der Waals surface area contributed by atoms with E-state index >= 15 is 0 Å². The van der Waals surface area contributed by atoms with Gasteiger partial charge in [0.05, 0.1) is 0 Å². The number of piperidine rings is 1. The maximum atomic E-state index is 12.5. The van der Waals surface area contributed by atoms with Gasteiger partial charge in [-0.25, -0.2) is 0 Å². The third kappa shape index (κ3) is 4.67. The number of rotatable bonds is 5. The summed E-state index contributed by atoms with van der Waals surface area (Å²) in [7, 11) is 0. The lowest BCUT2D eigenvalue weighted by Gasteiger charge is -2.31. The van der Waals surface area contributed by atoms with Gasteiger partial charge in [-0.05, 0) is 48.8 Å². The first kappa shape index (κ1) is 19.2. The molecule has 5 heteroatoms. The number of fused-ring (bicyclic) bond motifs is 1. The Hall–Kier alpha value is -3.08. The molecule has 150 valence electrons. The van der Waals surface area contributed by atoms with Crippen LogP contribution >= 0.6 is 0 Å². The van der Waals surface area contributed by atoms with Gasteiger partial charge in [0.1, 0.15) is 0 Å². The molecule has 0 aliphatic carbocycles. The minimum absolute atomic E-state index is 0.401. The largest absolute Gasteiger partial charge is 0.361 e. The second-order valence-corrected chi connectivity index (χ2v) is 7.79. The van der Waals surface area contributed by atoms with Crippen molar-refractivity contribution in [2.45, 2.75) is 25.7 Å². The van der Waals surface area contributed by atoms with Gasteiger partial charge in [-0.15, -0.1) is 0 Å². The van der Waals surface area contributed by atoms with Crippen molar-refractivity contribution in [1.82, 2.24) is 15.2 Å². The van der Waals surface area contributed by atoms with Gasteiger partial charge in [0.2, 0.25) is 0 Å². The topological polar surface area (TPSA) is 65.2 Å². The summed E-state index contributed by atoms with van der Waals surface area (Å²) < 4.78 is 0. The molecule has 0 spiro atoms. The number of hydrogen-bond acceptors (Lipinski definition) is 2. The summed E-state index contributed by atoms with van der Waals surface area (Å²) in [5, 5.41) is 3.95. The summed E-state index contributed by atoms with van der Waals surface area (Å²) >= 11 is 0. The maximum Gasteiger partial charge on any atom is 0.311 e. The summed E-state index contributed by atoms with van der Waals surface area (Å²) in [5.41, 5.74) is 3.57. The van der Waals surface area contributed by atoms with Crippen molar-refractivity contribution in [2.75, 3.05) is 19.6 Å². The molecular weight excluding hydrogens is 362 g/mol. The predicted octanol–water partition coefficient (Wildman–Crippen LogP) is 3.31. The van der Waals surface area contributed by atoms with Crippen molar-refractivity contribution >= 4 is 22.7 Å². The molecule has 2 amide bonds. The Morgan fingerprint density at radius 1 is 1.00 bits per heavy atom. The normalized spacial score (nSPS) is 14.8. The number of carbonyl (C=O) groups excluding carboxylic acids is 2. The van der Waals surface area contributed by atoms with E-state index in [1.807, 2.05) is 30.5 Å². The van der Waals surface area contributed by atoms with Crippen molar-refractivity contribution < 1.29 is 9.59 Å². The maximum absolute atomic E-state index is 12.5. The molecule has 1 saturated heterocycles. The molecule has 1 aliphatic heterocycles. The van der Waals surface area contributed by atoms with Crippen LogP contribution in [0.25, 0.3) is 10.9 Å². The van der Waals surface area contributed by atoms with Gasteiger partial charge in [-0.2, -0.15) is 0 Å². The molecular formula is C24H27N3O2. The van der Waals surface area contributed by atoms with Crippen molar-refractivity contribution in [3.05, 3.63) is 71.9 Å². The fourth-order valence-electron chi connectivity index (χ4n) is 4.16. The van der Waals surface area contributed by atoms with Gasteiger partial charge in [-0.1, -0.05) is 48.5 Å². The van der Waals surface area contributed by atoms with E-state index in [0.717, 1.165) is 35.7 Å². The Bertz CT molecular complexity index is 972. The van der Waals surface area contributed by atoms with Crippen molar-refractivity contribution in [1.29, 1.82) is 0 Å². The number of aromatic amines is 1. The number of benzene rings is 2. The predicted molar refractivity (Wildman–Crippen MR) is 114 cm³/mol. The van der Waals surface area contributed by atoms with Gasteiger partial charge in [0, 0.05) is 36.7 Å². The van der Waals surface area contributed by atoms with E-state index in [1.54, 1.807) is 4.90 Å². The molecule has 5 nitrogen and oxygen atoms in total. The third-order valence-corrected chi connectivity index (χ3v) is 5.82. The lowest BCUT2D eigenvalue weighted by molar-refractivity contribution is -0.146. The monoisotopic (exact) mass is 389 g/mol. The van der Waals surface area contributed by atoms with Crippen molar-refractivity contribution in [2.24, 2.45) is 5.92 Å². The second kappa shape index (κ2) is 8.95. The smallest absolute Gasteiger partial charge is 0.311 e. The number of H-pyrrole nitrogens is 1. The van der Waals surface area contributed by atoms with Crippen LogP contribution in [0.1, 0.15) is 24.0 Å². The van der Waals surface area contributed by atoms with E-state index in [1.165, 1.54) is 5.56 Å². The zero-order chi connectivity index (χ0) is 20.1. The fraction of sp³-hybridized carbons (Fsp3) is 0.333. The Kier molecular flexibility index (Phi) is 5.94. The zero-order valence-electron chi connectivity index (χ0n) is 16.6. The van der Waals surface area contributed by atoms with Gasteiger partial charge in [-0.3, -0.25) is 9.59 Å². The van der Waals surface area contributed by atoms with Crippen molar-refractivity contribution in [3.8, 4) is 0 Å². The summed E-state index contributed by atoms with van der Waals surface area (Å²) in [6.45, 7) is 1.77. The third-order valence-electron chi connectivity index (χ3n) is 5.82. The summed E-state index contributed by atoms with van der Waals surface area (Å²) in [5.74, 6) is -0.320. The Labute approximate surface area is 171 Å². The molecule has 1 aliphatic rings. The van der Waals surface area contributed by atoms with E-state index in [-0.39, 0.29) is 0 Å². The average molecular weight is 389 g/mol. The molecule has 1 aromatic heterocycles. The van der Waals surface area contributed by atoms with Crippen LogP contribution < -0.4 is 5.32 Å². The standard InChI is InChI=1S/C24H27N3O2/c28-23(25-13-10-20-17-26-22-9-5-4-8-21(20)22)24(29)27-14-11-19(12-15-27)16-18-6-2-1-3-7-18/h1-9,17,19,26H,10-16H2,(H,25,28). The van der Waals surface area contributed by atoms with Gasteiger partial charge < -0.3 is 15.2 Å². The number of para-hydroxylation sites is 1. The number of nitrogens with zero attached hydrogens (tertiary/aromatic N) is 1. The first-order valence-corrected chi connectivity index (χ1v) is 10.4. The molecule has 0 saturated carbocycles. The number of amides is 2. The van der Waals surface area contributed by atoms with Gasteiger partial charge in [0.25, 0.3) is 0 Å². The van der Waals surface area contributed by atoms with Crippen molar-refractivity contribution in [3.63, 3.8) is 0 Å². The SMILES string of the molecule is O=C(NCCc1c[nH]c2ccccc12)C(=O)N1CCC(Cc2ccccc2)CC1. The number of aromatic nitrogens is 1. The summed E-state index contributed by atoms with van der Waals surface area (Å²) in [4.78, 5) is 29.7. The van der Waals surface area contributed by atoms with E-state index in [9.17, 15) is 9.59 Å². The summed E-state index contributed by atoms with van der Waals surface area (Å²) in [6.07, 6.45) is 5.60. The second-order valence-electron chi connectivity index (χ2n) is 7.79. The lowest BCUT2D eigenvalue weighted by Crippen LogP contribution is -2.47. The average Bonchev–Trinajstić information content (AvgIpc) is 3.18. The van der Waals surface area contributed by atoms with E-state index in [0.29, 0.717) is 32.0 Å². The summed E-state index contributed by atoms with van der Waals surface area (Å²) in [6, 6.07) is 18.5. The Morgan fingerprint density at radius 3 is 2.52 bits per heavy atom. The number of likely N-dealkylation sites (tertiary alicyclic amines) is 1.